The van der Waals surface area contributed by atoms with Crippen LogP contribution in [0.15, 0.2) is 41.2 Å². The first kappa shape index (κ1) is 17.4. The molecule has 0 radical (unpaired) electrons. The second-order valence-corrected chi connectivity index (χ2v) is 5.97. The van der Waals surface area contributed by atoms with Gasteiger partial charge in [0.15, 0.2) is 0 Å². The lowest BCUT2D eigenvalue weighted by Gasteiger charge is -2.14. The quantitative estimate of drug-likeness (QED) is 0.677. The molecule has 2 aromatic carbocycles. The number of aromatic nitrogens is 1. The largest absolute Gasteiger partial charge is 0.495 e. The van der Waals surface area contributed by atoms with E-state index in [-0.39, 0.29) is 5.56 Å². The molecule has 0 fully saturated rings. The average Bonchev–Trinajstić information content (AvgIpc) is 2.55. The first-order valence-corrected chi connectivity index (χ1v) is 7.68. The van der Waals surface area contributed by atoms with Crippen LogP contribution in [0.25, 0.3) is 22.0 Å². The van der Waals surface area contributed by atoms with Crippen molar-refractivity contribution in [2.45, 2.75) is 13.1 Å². The minimum atomic E-state index is -4.48. The van der Waals surface area contributed by atoms with E-state index < -0.39 is 11.7 Å². The molecule has 0 saturated carbocycles. The lowest BCUT2D eigenvalue weighted by Crippen LogP contribution is -2.12. The van der Waals surface area contributed by atoms with Gasteiger partial charge in [-0.25, -0.2) is 0 Å². The third-order valence-corrected chi connectivity index (χ3v) is 4.33. The number of fused-ring (bicyclic) bond motifs is 1. The molecule has 1 heterocycles. The minimum Gasteiger partial charge on any atom is -0.495 e. The number of halogens is 4. The highest BCUT2D eigenvalue weighted by Crippen LogP contribution is 2.37. The number of aromatic amines is 1. The zero-order valence-corrected chi connectivity index (χ0v) is 14.0. The molecule has 3 nitrogen and oxygen atoms in total. The molecule has 0 spiro atoms. The Hall–Kier alpha value is -2.47. The van der Waals surface area contributed by atoms with Crippen LogP contribution in [-0.4, -0.2) is 12.1 Å². The van der Waals surface area contributed by atoms with Crippen LogP contribution < -0.4 is 10.3 Å². The number of rotatable bonds is 2. The fourth-order valence-electron chi connectivity index (χ4n) is 2.76. The lowest BCUT2D eigenvalue weighted by molar-refractivity contribution is -0.137. The summed E-state index contributed by atoms with van der Waals surface area (Å²) in [7, 11) is 1.44. The summed E-state index contributed by atoms with van der Waals surface area (Å²) in [5, 5.41) is 0.672. The predicted octanol–water partition coefficient (Wildman–Crippen LogP) is 5.18. The van der Waals surface area contributed by atoms with E-state index in [0.29, 0.717) is 38.4 Å². The minimum absolute atomic E-state index is 0.302. The second-order valence-electron chi connectivity index (χ2n) is 5.56. The van der Waals surface area contributed by atoms with Gasteiger partial charge in [0, 0.05) is 16.5 Å². The highest BCUT2D eigenvalue weighted by Gasteiger charge is 2.31. The van der Waals surface area contributed by atoms with Crippen LogP contribution in [0.3, 0.4) is 0 Å². The van der Waals surface area contributed by atoms with E-state index in [9.17, 15) is 18.0 Å². The molecule has 1 N–H and O–H groups in total. The third kappa shape index (κ3) is 3.09. The number of H-pyrrole nitrogens is 1. The summed E-state index contributed by atoms with van der Waals surface area (Å²) in [5.41, 5.74) is 0.461. The summed E-state index contributed by atoms with van der Waals surface area (Å²) in [4.78, 5) is 14.8. The standard InChI is InChI=1S/C18H13ClF3NO2/c1-9-16(10-3-5-13(19)15(7-10)25-2)12-8-11(18(20,21)22)4-6-14(12)23-17(9)24/h3-8H,1-2H3,(H,23,24). The van der Waals surface area contributed by atoms with Gasteiger partial charge in [-0.3, -0.25) is 4.79 Å². The molecule has 130 valence electrons. The molecule has 1 aromatic heterocycles. The maximum atomic E-state index is 13.1. The predicted molar refractivity (Wildman–Crippen MR) is 91.3 cm³/mol. The molecule has 0 aliphatic carbocycles. The van der Waals surface area contributed by atoms with Crippen molar-refractivity contribution in [2.24, 2.45) is 0 Å². The van der Waals surface area contributed by atoms with Gasteiger partial charge in [0.25, 0.3) is 5.56 Å². The molecule has 0 aliphatic heterocycles. The normalized spacial score (nSPS) is 11.8. The Morgan fingerprint density at radius 1 is 1.12 bits per heavy atom. The maximum Gasteiger partial charge on any atom is 0.416 e. The first-order chi connectivity index (χ1) is 11.7. The number of hydrogen-bond acceptors (Lipinski definition) is 2. The molecule has 7 heteroatoms. The zero-order chi connectivity index (χ0) is 18.4. The SMILES string of the molecule is COc1cc(-c2c(C)c(=O)[nH]c3ccc(C(F)(F)F)cc23)ccc1Cl. The molecule has 0 amide bonds. The maximum absolute atomic E-state index is 13.1. The van der Waals surface area contributed by atoms with E-state index in [1.54, 1.807) is 25.1 Å². The van der Waals surface area contributed by atoms with Crippen molar-refractivity contribution in [1.82, 2.24) is 4.98 Å². The van der Waals surface area contributed by atoms with Crippen molar-refractivity contribution in [3.8, 4) is 16.9 Å². The number of pyridine rings is 1. The molecular formula is C18H13ClF3NO2. The van der Waals surface area contributed by atoms with Gasteiger partial charge in [0.05, 0.1) is 17.7 Å². The Morgan fingerprint density at radius 2 is 1.84 bits per heavy atom. The van der Waals surface area contributed by atoms with Crippen LogP contribution in [-0.2, 0) is 6.18 Å². The molecular weight excluding hydrogens is 355 g/mol. The van der Waals surface area contributed by atoms with Crippen LogP contribution >= 0.6 is 11.6 Å². The summed E-state index contributed by atoms with van der Waals surface area (Å²) in [6.07, 6.45) is -4.48. The summed E-state index contributed by atoms with van der Waals surface area (Å²) in [5.74, 6) is 0.374. The summed E-state index contributed by atoms with van der Waals surface area (Å²) in [6.45, 7) is 1.56. The topological polar surface area (TPSA) is 42.1 Å². The van der Waals surface area contributed by atoms with Crippen molar-refractivity contribution < 1.29 is 17.9 Å². The number of hydrogen-bond donors (Lipinski definition) is 1. The first-order valence-electron chi connectivity index (χ1n) is 7.30. The van der Waals surface area contributed by atoms with Crippen molar-refractivity contribution in [2.75, 3.05) is 7.11 Å². The smallest absolute Gasteiger partial charge is 0.416 e. The number of alkyl halides is 3. The third-order valence-electron chi connectivity index (χ3n) is 4.02. The number of methoxy groups -OCH3 is 1. The Morgan fingerprint density at radius 3 is 2.48 bits per heavy atom. The van der Waals surface area contributed by atoms with E-state index in [0.717, 1.165) is 12.1 Å². The van der Waals surface area contributed by atoms with Crippen molar-refractivity contribution in [3.05, 3.63) is 62.9 Å². The average molecular weight is 368 g/mol. The van der Waals surface area contributed by atoms with Gasteiger partial charge in [0.1, 0.15) is 5.75 Å². The zero-order valence-electron chi connectivity index (χ0n) is 13.3. The van der Waals surface area contributed by atoms with Crippen LogP contribution in [0.2, 0.25) is 5.02 Å². The number of ether oxygens (including phenoxy) is 1. The Kier molecular flexibility index (Phi) is 4.24. The molecule has 25 heavy (non-hydrogen) atoms. The monoisotopic (exact) mass is 367 g/mol. The highest BCUT2D eigenvalue weighted by atomic mass is 35.5. The van der Waals surface area contributed by atoms with Crippen LogP contribution in [0.1, 0.15) is 11.1 Å². The van der Waals surface area contributed by atoms with Gasteiger partial charge in [-0.1, -0.05) is 17.7 Å². The fourth-order valence-corrected chi connectivity index (χ4v) is 2.95. The van der Waals surface area contributed by atoms with Gasteiger partial charge in [-0.05, 0) is 48.4 Å². The number of nitrogens with one attached hydrogen (secondary N) is 1. The Bertz CT molecular complexity index is 1030. The molecule has 3 aromatic rings. The summed E-state index contributed by atoms with van der Waals surface area (Å²) in [6, 6.07) is 8.07. The van der Waals surface area contributed by atoms with Crippen molar-refractivity contribution in [3.63, 3.8) is 0 Å². The number of benzene rings is 2. The van der Waals surface area contributed by atoms with E-state index >= 15 is 0 Å². The van der Waals surface area contributed by atoms with Gasteiger partial charge in [0.2, 0.25) is 0 Å². The Labute approximate surface area is 146 Å². The molecule has 0 unspecified atom stereocenters. The van der Waals surface area contributed by atoms with Crippen LogP contribution in [0.5, 0.6) is 5.75 Å². The van der Waals surface area contributed by atoms with Gasteiger partial charge < -0.3 is 9.72 Å². The molecule has 0 saturated heterocycles. The molecule has 3 rings (SSSR count). The van der Waals surface area contributed by atoms with Gasteiger partial charge in [-0.15, -0.1) is 0 Å². The van der Waals surface area contributed by atoms with Gasteiger partial charge in [-0.2, -0.15) is 13.2 Å². The van der Waals surface area contributed by atoms with Crippen molar-refractivity contribution in [1.29, 1.82) is 0 Å². The van der Waals surface area contributed by atoms with Crippen molar-refractivity contribution >= 4 is 22.5 Å². The van der Waals surface area contributed by atoms with Gasteiger partial charge >= 0.3 is 6.18 Å². The van der Waals surface area contributed by atoms with E-state index in [4.69, 9.17) is 16.3 Å². The lowest BCUT2D eigenvalue weighted by atomic mass is 9.95. The Balaban J connectivity index is 2.39. The molecule has 0 aliphatic rings. The van der Waals surface area contributed by atoms with E-state index in [1.165, 1.54) is 13.2 Å². The fraction of sp³-hybridized carbons (Fsp3) is 0.167. The van der Waals surface area contributed by atoms with Crippen LogP contribution in [0.4, 0.5) is 13.2 Å². The summed E-state index contributed by atoms with van der Waals surface area (Å²) < 4.78 is 44.4. The molecule has 0 atom stereocenters. The molecule has 0 bridgehead atoms. The second kappa shape index (κ2) is 6.11. The highest BCUT2D eigenvalue weighted by molar-refractivity contribution is 6.32. The summed E-state index contributed by atoms with van der Waals surface area (Å²) >= 11 is 6.02. The van der Waals surface area contributed by atoms with E-state index in [1.807, 2.05) is 0 Å². The van der Waals surface area contributed by atoms with Crippen LogP contribution in [0, 0.1) is 6.92 Å². The van der Waals surface area contributed by atoms with E-state index in [2.05, 4.69) is 4.98 Å².